The van der Waals surface area contributed by atoms with Crippen LogP contribution < -0.4 is 16.0 Å². The minimum absolute atomic E-state index is 0.00593. The van der Waals surface area contributed by atoms with Crippen LogP contribution in [0.4, 0.5) is 11.4 Å². The molecule has 0 aromatic carbocycles. The van der Waals surface area contributed by atoms with Crippen LogP contribution >= 0.6 is 0 Å². The largest absolute Gasteiger partial charge is 0.376 e. The van der Waals surface area contributed by atoms with Crippen LogP contribution in [0.25, 0.3) is 0 Å². The molecule has 100 valence electrons. The monoisotopic (exact) mass is 250 g/mol. The summed E-state index contributed by atoms with van der Waals surface area (Å²) in [4.78, 5) is 17.8. The number of anilines is 2. The lowest BCUT2D eigenvalue weighted by Crippen LogP contribution is -2.18. The van der Waals surface area contributed by atoms with Crippen molar-refractivity contribution in [2.45, 2.75) is 19.8 Å². The normalized spacial score (nSPS) is 12.0. The van der Waals surface area contributed by atoms with Crippen molar-refractivity contribution in [2.24, 2.45) is 11.7 Å². The molecule has 1 aromatic rings. The zero-order chi connectivity index (χ0) is 13.5. The first-order valence-electron chi connectivity index (χ1n) is 6.15. The molecule has 1 unspecified atom stereocenters. The lowest BCUT2D eigenvalue weighted by molar-refractivity contribution is -0.116. The van der Waals surface area contributed by atoms with Crippen LogP contribution in [0.15, 0.2) is 18.5 Å². The topological polar surface area (TPSA) is 71.2 Å². The molecule has 0 saturated carbocycles. The van der Waals surface area contributed by atoms with Crippen LogP contribution in [0.2, 0.25) is 0 Å². The standard InChI is InChI=1S/C13H22N4O/c1-10(8-14)4-5-13(18)16-11-9-15-7-6-12(11)17(2)3/h6-7,9-10H,4-5,8,14H2,1-3H3,(H,16,18). The van der Waals surface area contributed by atoms with Gasteiger partial charge in [0.2, 0.25) is 5.91 Å². The Morgan fingerprint density at radius 1 is 1.56 bits per heavy atom. The summed E-state index contributed by atoms with van der Waals surface area (Å²) in [5, 5.41) is 2.89. The maximum atomic E-state index is 11.8. The third-order valence-corrected chi connectivity index (χ3v) is 2.82. The fourth-order valence-electron chi connectivity index (χ4n) is 1.58. The number of hydrogen-bond acceptors (Lipinski definition) is 4. The van der Waals surface area contributed by atoms with Gasteiger partial charge in [-0.1, -0.05) is 6.92 Å². The van der Waals surface area contributed by atoms with Gasteiger partial charge in [-0.2, -0.15) is 0 Å². The van der Waals surface area contributed by atoms with E-state index in [4.69, 9.17) is 5.73 Å². The van der Waals surface area contributed by atoms with Crippen LogP contribution in [0.5, 0.6) is 0 Å². The first-order chi connectivity index (χ1) is 8.54. The summed E-state index contributed by atoms with van der Waals surface area (Å²) in [5.41, 5.74) is 7.22. The Morgan fingerprint density at radius 2 is 2.28 bits per heavy atom. The molecule has 18 heavy (non-hydrogen) atoms. The second-order valence-electron chi connectivity index (χ2n) is 4.71. The van der Waals surface area contributed by atoms with Gasteiger partial charge in [-0.05, 0) is 24.9 Å². The van der Waals surface area contributed by atoms with E-state index in [0.29, 0.717) is 18.9 Å². The number of hydrogen-bond donors (Lipinski definition) is 2. The van der Waals surface area contributed by atoms with Gasteiger partial charge in [-0.25, -0.2) is 0 Å². The molecule has 5 heteroatoms. The number of nitrogens with one attached hydrogen (secondary N) is 1. The molecule has 1 amide bonds. The van der Waals surface area contributed by atoms with E-state index in [1.54, 1.807) is 12.4 Å². The zero-order valence-corrected chi connectivity index (χ0v) is 11.3. The highest BCUT2D eigenvalue weighted by Crippen LogP contribution is 2.22. The highest BCUT2D eigenvalue weighted by Gasteiger charge is 2.09. The molecule has 0 aliphatic carbocycles. The Kier molecular flexibility index (Phi) is 5.58. The molecule has 0 aliphatic rings. The first kappa shape index (κ1) is 14.4. The predicted molar refractivity (Wildman–Crippen MR) is 74.6 cm³/mol. The molecule has 0 saturated heterocycles. The predicted octanol–water partition coefficient (Wildman–Crippen LogP) is 1.46. The number of rotatable bonds is 6. The highest BCUT2D eigenvalue weighted by atomic mass is 16.1. The fraction of sp³-hybridized carbons (Fsp3) is 0.538. The molecule has 0 bridgehead atoms. The van der Waals surface area contributed by atoms with Gasteiger partial charge in [-0.15, -0.1) is 0 Å². The fourth-order valence-corrected chi connectivity index (χ4v) is 1.58. The molecule has 1 rings (SSSR count). The molecule has 0 fully saturated rings. The number of carbonyl (C=O) groups is 1. The highest BCUT2D eigenvalue weighted by molar-refractivity contribution is 5.93. The van der Waals surface area contributed by atoms with Gasteiger partial charge >= 0.3 is 0 Å². The van der Waals surface area contributed by atoms with Gasteiger partial charge in [0.1, 0.15) is 0 Å². The third kappa shape index (κ3) is 4.33. The van der Waals surface area contributed by atoms with Crippen molar-refractivity contribution >= 4 is 17.3 Å². The summed E-state index contributed by atoms with van der Waals surface area (Å²) in [7, 11) is 3.86. The Labute approximate surface area is 108 Å². The van der Waals surface area contributed by atoms with E-state index in [0.717, 1.165) is 17.8 Å². The summed E-state index contributed by atoms with van der Waals surface area (Å²) < 4.78 is 0. The van der Waals surface area contributed by atoms with E-state index in [2.05, 4.69) is 10.3 Å². The van der Waals surface area contributed by atoms with Crippen LogP contribution in [-0.2, 0) is 4.79 Å². The first-order valence-corrected chi connectivity index (χ1v) is 6.15. The Hall–Kier alpha value is -1.62. The number of amides is 1. The average molecular weight is 250 g/mol. The Bertz CT molecular complexity index is 392. The van der Waals surface area contributed by atoms with Crippen molar-refractivity contribution in [1.29, 1.82) is 0 Å². The minimum Gasteiger partial charge on any atom is -0.376 e. The molecule has 1 atom stereocenters. The third-order valence-electron chi connectivity index (χ3n) is 2.82. The summed E-state index contributed by atoms with van der Waals surface area (Å²) in [6, 6.07) is 1.87. The van der Waals surface area contributed by atoms with E-state index in [-0.39, 0.29) is 5.91 Å². The number of aromatic nitrogens is 1. The van der Waals surface area contributed by atoms with E-state index in [9.17, 15) is 4.79 Å². The molecule has 0 aliphatic heterocycles. The number of nitrogens with zero attached hydrogens (tertiary/aromatic N) is 2. The van der Waals surface area contributed by atoms with E-state index >= 15 is 0 Å². The van der Waals surface area contributed by atoms with Gasteiger partial charge in [0.05, 0.1) is 17.6 Å². The lowest BCUT2D eigenvalue weighted by Gasteiger charge is -2.17. The molecule has 0 spiro atoms. The van der Waals surface area contributed by atoms with Gasteiger partial charge in [0.15, 0.2) is 0 Å². The molecule has 5 nitrogen and oxygen atoms in total. The Balaban J connectivity index is 2.59. The van der Waals surface area contributed by atoms with E-state index in [1.807, 2.05) is 32.0 Å². The SMILES string of the molecule is CC(CN)CCC(=O)Nc1cnccc1N(C)C. The van der Waals surface area contributed by atoms with E-state index < -0.39 is 0 Å². The van der Waals surface area contributed by atoms with E-state index in [1.165, 1.54) is 0 Å². The Morgan fingerprint density at radius 3 is 2.89 bits per heavy atom. The molecular weight excluding hydrogens is 228 g/mol. The van der Waals surface area contributed by atoms with Crippen molar-refractivity contribution in [3.63, 3.8) is 0 Å². The summed E-state index contributed by atoms with van der Waals surface area (Å²) >= 11 is 0. The minimum atomic E-state index is 0.00593. The van der Waals surface area contributed by atoms with Crippen LogP contribution in [-0.4, -0.2) is 31.5 Å². The summed E-state index contributed by atoms with van der Waals surface area (Å²) in [6.45, 7) is 2.66. The maximum absolute atomic E-state index is 11.8. The second-order valence-corrected chi connectivity index (χ2v) is 4.71. The van der Waals surface area contributed by atoms with Gasteiger partial charge in [-0.3, -0.25) is 9.78 Å². The van der Waals surface area contributed by atoms with Crippen LogP contribution in [0.1, 0.15) is 19.8 Å². The van der Waals surface area contributed by atoms with Crippen LogP contribution in [0, 0.1) is 5.92 Å². The summed E-state index contributed by atoms with van der Waals surface area (Å²) in [5.74, 6) is 0.379. The molecular formula is C13H22N4O. The molecule has 0 radical (unpaired) electrons. The van der Waals surface area contributed by atoms with Crippen molar-refractivity contribution in [2.75, 3.05) is 30.9 Å². The average Bonchev–Trinajstić information content (AvgIpc) is 2.36. The quantitative estimate of drug-likeness (QED) is 0.802. The van der Waals surface area contributed by atoms with Crippen molar-refractivity contribution in [3.05, 3.63) is 18.5 Å². The zero-order valence-electron chi connectivity index (χ0n) is 11.3. The molecule has 3 N–H and O–H groups in total. The molecule has 1 aromatic heterocycles. The van der Waals surface area contributed by atoms with Gasteiger partial charge in [0.25, 0.3) is 0 Å². The van der Waals surface area contributed by atoms with Crippen molar-refractivity contribution in [3.8, 4) is 0 Å². The number of carbonyl (C=O) groups excluding carboxylic acids is 1. The molecule has 1 heterocycles. The van der Waals surface area contributed by atoms with Crippen LogP contribution in [0.3, 0.4) is 0 Å². The van der Waals surface area contributed by atoms with Gasteiger partial charge in [0, 0.05) is 26.7 Å². The summed E-state index contributed by atoms with van der Waals surface area (Å²) in [6.07, 6.45) is 4.67. The smallest absolute Gasteiger partial charge is 0.224 e. The number of nitrogens with two attached hydrogens (primary N) is 1. The number of pyridine rings is 1. The second kappa shape index (κ2) is 6.96. The maximum Gasteiger partial charge on any atom is 0.224 e. The lowest BCUT2D eigenvalue weighted by atomic mass is 10.1. The van der Waals surface area contributed by atoms with Crippen molar-refractivity contribution < 1.29 is 4.79 Å². The van der Waals surface area contributed by atoms with Crippen molar-refractivity contribution in [1.82, 2.24) is 4.98 Å². The van der Waals surface area contributed by atoms with Gasteiger partial charge < -0.3 is 16.0 Å².